The fourth-order valence-electron chi connectivity index (χ4n) is 0.645. The number of hydrogen-bond acceptors (Lipinski definition) is 3. The van der Waals surface area contributed by atoms with Gasteiger partial charge in [0.2, 0.25) is 0 Å². The van der Waals surface area contributed by atoms with Crippen molar-refractivity contribution in [2.45, 2.75) is 6.92 Å². The van der Waals surface area contributed by atoms with Gasteiger partial charge in [0.25, 0.3) is 0 Å². The van der Waals surface area contributed by atoms with Gasteiger partial charge in [-0.05, 0) is 6.92 Å². The van der Waals surface area contributed by atoms with Gasteiger partial charge in [-0.15, -0.1) is 11.8 Å². The van der Waals surface area contributed by atoms with E-state index in [1.807, 2.05) is 30.7 Å². The van der Waals surface area contributed by atoms with E-state index in [4.69, 9.17) is 0 Å². The summed E-state index contributed by atoms with van der Waals surface area (Å²) in [7, 11) is 2.00. The second-order valence-corrected chi connectivity index (χ2v) is 3.14. The lowest BCUT2D eigenvalue weighted by Crippen LogP contribution is -2.20. The van der Waals surface area contributed by atoms with Crippen molar-refractivity contribution in [3.63, 3.8) is 0 Å². The van der Waals surface area contributed by atoms with Crippen LogP contribution < -0.4 is 0 Å². The summed E-state index contributed by atoms with van der Waals surface area (Å²) >= 11 is 1.83. The molecule has 0 saturated carbocycles. The molecule has 1 aliphatic rings. The number of hydrazone groups is 1. The highest BCUT2D eigenvalue weighted by atomic mass is 32.2. The van der Waals surface area contributed by atoms with Crippen molar-refractivity contribution in [3.8, 4) is 0 Å². The minimum atomic E-state index is 1.09. The molecule has 0 bridgehead atoms. The number of rotatable bonds is 0. The van der Waals surface area contributed by atoms with E-state index in [0.717, 1.165) is 6.54 Å². The second-order valence-electron chi connectivity index (χ2n) is 1.85. The maximum Gasteiger partial charge on any atom is 0.0903 e. The summed E-state index contributed by atoms with van der Waals surface area (Å²) in [6.45, 7) is 3.13. The molecule has 8 heavy (non-hydrogen) atoms. The molecule has 46 valence electrons. The van der Waals surface area contributed by atoms with Crippen LogP contribution in [0.1, 0.15) is 6.92 Å². The van der Waals surface area contributed by atoms with Crippen LogP contribution in [0.25, 0.3) is 0 Å². The SMILES string of the molecule is CC1=NN(C)CCS1. The van der Waals surface area contributed by atoms with Crippen molar-refractivity contribution in [3.05, 3.63) is 0 Å². The van der Waals surface area contributed by atoms with Crippen LogP contribution >= 0.6 is 11.8 Å². The first-order valence-electron chi connectivity index (χ1n) is 2.68. The van der Waals surface area contributed by atoms with E-state index in [1.165, 1.54) is 10.8 Å². The zero-order valence-electron chi connectivity index (χ0n) is 5.22. The Kier molecular flexibility index (Phi) is 1.78. The van der Waals surface area contributed by atoms with Crippen molar-refractivity contribution >= 4 is 16.8 Å². The van der Waals surface area contributed by atoms with Crippen molar-refractivity contribution in [1.82, 2.24) is 5.01 Å². The van der Waals surface area contributed by atoms with Gasteiger partial charge in [-0.1, -0.05) is 0 Å². The van der Waals surface area contributed by atoms with Gasteiger partial charge in [-0.2, -0.15) is 5.10 Å². The van der Waals surface area contributed by atoms with Crippen LogP contribution in [0.5, 0.6) is 0 Å². The molecule has 0 aliphatic carbocycles. The Morgan fingerprint density at radius 2 is 2.50 bits per heavy atom. The number of thioether (sulfide) groups is 1. The van der Waals surface area contributed by atoms with Crippen molar-refractivity contribution in [2.75, 3.05) is 19.3 Å². The predicted molar refractivity (Wildman–Crippen MR) is 38.2 cm³/mol. The Bertz CT molecular complexity index is 111. The lowest BCUT2D eigenvalue weighted by Gasteiger charge is -2.17. The molecule has 0 N–H and O–H groups in total. The van der Waals surface area contributed by atoms with Crippen LogP contribution in [-0.2, 0) is 0 Å². The Morgan fingerprint density at radius 3 is 2.88 bits per heavy atom. The van der Waals surface area contributed by atoms with Gasteiger partial charge in [-0.25, -0.2) is 0 Å². The standard InChI is InChI=1S/C5H10N2S/c1-5-6-7(2)3-4-8-5/h3-4H2,1-2H3. The summed E-state index contributed by atoms with van der Waals surface area (Å²) in [4.78, 5) is 0. The molecule has 0 fully saturated rings. The zero-order valence-corrected chi connectivity index (χ0v) is 6.03. The molecule has 0 aromatic rings. The monoisotopic (exact) mass is 130 g/mol. The maximum atomic E-state index is 4.20. The topological polar surface area (TPSA) is 15.6 Å². The molecule has 0 aromatic heterocycles. The minimum Gasteiger partial charge on any atom is -0.299 e. The highest BCUT2D eigenvalue weighted by Gasteiger charge is 2.02. The van der Waals surface area contributed by atoms with Crippen molar-refractivity contribution in [1.29, 1.82) is 0 Å². The van der Waals surface area contributed by atoms with Crippen LogP contribution in [-0.4, -0.2) is 29.4 Å². The molecule has 0 radical (unpaired) electrons. The molecule has 1 aliphatic heterocycles. The van der Waals surface area contributed by atoms with Gasteiger partial charge in [0.1, 0.15) is 0 Å². The van der Waals surface area contributed by atoms with E-state index in [1.54, 1.807) is 0 Å². The third-order valence-corrected chi connectivity index (χ3v) is 1.92. The largest absolute Gasteiger partial charge is 0.299 e. The summed E-state index contributed by atoms with van der Waals surface area (Å²) in [5.41, 5.74) is 0. The van der Waals surface area contributed by atoms with E-state index in [2.05, 4.69) is 5.10 Å². The highest BCUT2D eigenvalue weighted by molar-refractivity contribution is 8.13. The van der Waals surface area contributed by atoms with Gasteiger partial charge in [0.05, 0.1) is 5.04 Å². The van der Waals surface area contributed by atoms with Crippen molar-refractivity contribution < 1.29 is 0 Å². The smallest absolute Gasteiger partial charge is 0.0903 e. The Morgan fingerprint density at radius 1 is 1.75 bits per heavy atom. The van der Waals surface area contributed by atoms with Crippen LogP contribution in [0.4, 0.5) is 0 Å². The normalized spacial score (nSPS) is 20.8. The predicted octanol–water partition coefficient (Wildman–Crippen LogP) is 0.998. The fourth-order valence-corrected chi connectivity index (χ4v) is 1.49. The summed E-state index contributed by atoms with van der Waals surface area (Å²) in [6, 6.07) is 0. The molecule has 0 atom stereocenters. The molecular weight excluding hydrogens is 120 g/mol. The van der Waals surface area contributed by atoms with Crippen LogP contribution in [0.2, 0.25) is 0 Å². The quantitative estimate of drug-likeness (QED) is 0.486. The first kappa shape index (κ1) is 5.95. The number of nitrogens with zero attached hydrogens (tertiary/aromatic N) is 2. The molecule has 0 spiro atoms. The summed E-state index contributed by atoms with van der Waals surface area (Å²) in [5, 5.41) is 7.35. The van der Waals surface area contributed by atoms with Crippen LogP contribution in [0.15, 0.2) is 5.10 Å². The lowest BCUT2D eigenvalue weighted by atomic mass is 10.7. The van der Waals surface area contributed by atoms with E-state index in [-0.39, 0.29) is 0 Å². The minimum absolute atomic E-state index is 1.09. The Hall–Kier alpha value is -0.180. The van der Waals surface area contributed by atoms with Gasteiger partial charge in [0, 0.05) is 19.3 Å². The first-order chi connectivity index (χ1) is 3.79. The van der Waals surface area contributed by atoms with E-state index in [9.17, 15) is 0 Å². The van der Waals surface area contributed by atoms with Gasteiger partial charge in [0.15, 0.2) is 0 Å². The maximum absolute atomic E-state index is 4.20. The molecule has 1 heterocycles. The van der Waals surface area contributed by atoms with E-state index >= 15 is 0 Å². The third kappa shape index (κ3) is 1.40. The summed E-state index contributed by atoms with van der Waals surface area (Å²) in [5.74, 6) is 1.19. The molecule has 0 aromatic carbocycles. The fraction of sp³-hybridized carbons (Fsp3) is 0.800. The lowest BCUT2D eigenvalue weighted by molar-refractivity contribution is 0.376. The molecule has 3 heteroatoms. The average Bonchev–Trinajstić information content (AvgIpc) is 1.64. The summed E-state index contributed by atoms with van der Waals surface area (Å²) in [6.07, 6.45) is 0. The average molecular weight is 130 g/mol. The third-order valence-electron chi connectivity index (χ3n) is 1.04. The zero-order chi connectivity index (χ0) is 5.98. The second kappa shape index (κ2) is 2.40. The number of hydrogen-bond donors (Lipinski definition) is 0. The Balaban J connectivity index is 2.50. The molecule has 1 rings (SSSR count). The first-order valence-corrected chi connectivity index (χ1v) is 3.67. The molecule has 2 nitrogen and oxygen atoms in total. The van der Waals surface area contributed by atoms with E-state index < -0.39 is 0 Å². The van der Waals surface area contributed by atoms with Crippen LogP contribution in [0, 0.1) is 0 Å². The highest BCUT2D eigenvalue weighted by Crippen LogP contribution is 2.09. The van der Waals surface area contributed by atoms with Gasteiger partial charge < -0.3 is 0 Å². The Labute approximate surface area is 53.9 Å². The molecular formula is C5H10N2S. The molecule has 0 saturated heterocycles. The molecule has 0 amide bonds. The van der Waals surface area contributed by atoms with Crippen LogP contribution in [0.3, 0.4) is 0 Å². The van der Waals surface area contributed by atoms with Crippen molar-refractivity contribution in [2.24, 2.45) is 5.10 Å². The van der Waals surface area contributed by atoms with Gasteiger partial charge >= 0.3 is 0 Å². The summed E-state index contributed by atoms with van der Waals surface area (Å²) < 4.78 is 0. The van der Waals surface area contributed by atoms with E-state index in [0.29, 0.717) is 0 Å². The molecule has 0 unspecified atom stereocenters. The van der Waals surface area contributed by atoms with Gasteiger partial charge in [-0.3, -0.25) is 5.01 Å².